The first kappa shape index (κ1) is 22.2. The molecular weight excluding hydrogens is 354 g/mol. The lowest BCUT2D eigenvalue weighted by Gasteiger charge is -2.32. The Labute approximate surface area is 168 Å². The molecule has 0 bridgehead atoms. The number of nitrogens with one attached hydrogen (secondary N) is 3. The molecule has 1 amide bonds. The molecule has 3 N–H and O–H groups in total. The molecular formula is C21H35N5O2. The first-order valence-corrected chi connectivity index (χ1v) is 10.3. The average molecular weight is 390 g/mol. The van der Waals surface area contributed by atoms with Crippen molar-refractivity contribution in [2.24, 2.45) is 4.99 Å². The molecule has 1 saturated heterocycles. The molecule has 1 aliphatic rings. The summed E-state index contributed by atoms with van der Waals surface area (Å²) >= 11 is 0. The van der Waals surface area contributed by atoms with E-state index in [4.69, 9.17) is 4.74 Å². The van der Waals surface area contributed by atoms with Crippen molar-refractivity contribution in [3.63, 3.8) is 0 Å². The molecule has 1 aromatic rings. The van der Waals surface area contributed by atoms with Crippen LogP contribution in [0.2, 0.25) is 0 Å². The van der Waals surface area contributed by atoms with Crippen molar-refractivity contribution in [3.8, 4) is 0 Å². The van der Waals surface area contributed by atoms with E-state index in [0.717, 1.165) is 63.0 Å². The Hall–Kier alpha value is -2.12. The summed E-state index contributed by atoms with van der Waals surface area (Å²) in [6.45, 7) is 12.1. The number of hydrogen-bond donors (Lipinski definition) is 3. The van der Waals surface area contributed by atoms with Gasteiger partial charge in [-0.05, 0) is 38.0 Å². The first-order valence-electron chi connectivity index (χ1n) is 10.3. The molecule has 1 aliphatic heterocycles. The molecule has 0 aromatic heterocycles. The summed E-state index contributed by atoms with van der Waals surface area (Å²) in [7, 11) is 0. The van der Waals surface area contributed by atoms with Gasteiger partial charge in [0.05, 0.1) is 19.8 Å². The van der Waals surface area contributed by atoms with Gasteiger partial charge in [-0.25, -0.2) is 4.99 Å². The molecule has 0 aliphatic carbocycles. The van der Waals surface area contributed by atoms with Crippen LogP contribution in [-0.4, -0.2) is 62.2 Å². The van der Waals surface area contributed by atoms with E-state index in [0.29, 0.717) is 19.0 Å². The van der Waals surface area contributed by atoms with Crippen LogP contribution < -0.4 is 16.0 Å². The highest BCUT2D eigenvalue weighted by atomic mass is 16.5. The number of carbonyl (C=O) groups is 1. The van der Waals surface area contributed by atoms with Gasteiger partial charge in [0.15, 0.2) is 5.96 Å². The fourth-order valence-corrected chi connectivity index (χ4v) is 3.05. The number of amides is 1. The molecule has 7 nitrogen and oxygen atoms in total. The van der Waals surface area contributed by atoms with E-state index in [-0.39, 0.29) is 5.91 Å². The van der Waals surface area contributed by atoms with Crippen molar-refractivity contribution in [3.05, 3.63) is 29.8 Å². The zero-order valence-electron chi connectivity index (χ0n) is 17.5. The minimum Gasteiger partial charge on any atom is -0.379 e. The fraction of sp³-hybridized carbons (Fsp3) is 0.619. The van der Waals surface area contributed by atoms with E-state index < -0.39 is 0 Å². The Morgan fingerprint density at radius 2 is 1.89 bits per heavy atom. The number of ether oxygens (including phenoxy) is 1. The molecule has 0 saturated carbocycles. The van der Waals surface area contributed by atoms with Gasteiger partial charge >= 0.3 is 0 Å². The van der Waals surface area contributed by atoms with Crippen molar-refractivity contribution in [2.45, 2.75) is 46.2 Å². The van der Waals surface area contributed by atoms with E-state index >= 15 is 0 Å². The van der Waals surface area contributed by atoms with Gasteiger partial charge in [0, 0.05) is 44.3 Å². The van der Waals surface area contributed by atoms with Crippen LogP contribution in [0.15, 0.2) is 29.3 Å². The zero-order valence-corrected chi connectivity index (χ0v) is 17.5. The van der Waals surface area contributed by atoms with Crippen LogP contribution in [0.1, 0.15) is 39.2 Å². The summed E-state index contributed by atoms with van der Waals surface area (Å²) in [5.74, 6) is 0.879. The van der Waals surface area contributed by atoms with Crippen molar-refractivity contribution >= 4 is 17.6 Å². The molecule has 1 aromatic carbocycles. The minimum atomic E-state index is 0.0568. The van der Waals surface area contributed by atoms with Gasteiger partial charge in [0.2, 0.25) is 5.91 Å². The third-order valence-electron chi connectivity index (χ3n) is 4.71. The summed E-state index contributed by atoms with van der Waals surface area (Å²) in [5.41, 5.74) is 1.93. The van der Waals surface area contributed by atoms with Crippen LogP contribution in [0, 0.1) is 0 Å². The van der Waals surface area contributed by atoms with Crippen molar-refractivity contribution in [1.82, 2.24) is 15.5 Å². The van der Waals surface area contributed by atoms with Crippen molar-refractivity contribution in [1.29, 1.82) is 0 Å². The van der Waals surface area contributed by atoms with Crippen LogP contribution >= 0.6 is 0 Å². The number of morpholine rings is 1. The highest BCUT2D eigenvalue weighted by Gasteiger charge is 2.16. The smallest absolute Gasteiger partial charge is 0.224 e. The maximum Gasteiger partial charge on any atom is 0.224 e. The van der Waals surface area contributed by atoms with Gasteiger partial charge in [-0.3, -0.25) is 9.69 Å². The standard InChI is InChI=1S/C21H35N5O2/c1-4-6-20(27)25-19-9-7-18(8-10-19)16-24-21(22-5-2)23-15-17(3)26-11-13-28-14-12-26/h7-10,17H,4-6,11-16H2,1-3H3,(H,25,27)(H2,22,23,24). The number of rotatable bonds is 9. The number of anilines is 1. The average Bonchev–Trinajstić information content (AvgIpc) is 2.71. The second-order valence-corrected chi connectivity index (χ2v) is 7.07. The SMILES string of the molecule is CCCC(=O)Nc1ccc(CN=C(NCC)NCC(C)N2CCOCC2)cc1. The highest BCUT2D eigenvalue weighted by molar-refractivity contribution is 5.90. The zero-order chi connectivity index (χ0) is 20.2. The van der Waals surface area contributed by atoms with E-state index in [2.05, 4.69) is 39.7 Å². The Morgan fingerprint density at radius 1 is 1.18 bits per heavy atom. The number of nitrogens with zero attached hydrogens (tertiary/aromatic N) is 2. The van der Waals surface area contributed by atoms with Crippen molar-refractivity contribution < 1.29 is 9.53 Å². The summed E-state index contributed by atoms with van der Waals surface area (Å²) in [6.07, 6.45) is 1.40. The Bertz CT molecular complexity index is 612. The van der Waals surface area contributed by atoms with Crippen LogP contribution in [0.25, 0.3) is 0 Å². The molecule has 156 valence electrons. The second-order valence-electron chi connectivity index (χ2n) is 7.07. The van der Waals surface area contributed by atoms with Crippen LogP contribution in [-0.2, 0) is 16.1 Å². The van der Waals surface area contributed by atoms with E-state index in [1.54, 1.807) is 0 Å². The molecule has 28 heavy (non-hydrogen) atoms. The van der Waals surface area contributed by atoms with Gasteiger partial charge in [-0.2, -0.15) is 0 Å². The maximum absolute atomic E-state index is 11.7. The van der Waals surface area contributed by atoms with Crippen molar-refractivity contribution in [2.75, 3.05) is 44.7 Å². The highest BCUT2D eigenvalue weighted by Crippen LogP contribution is 2.11. The van der Waals surface area contributed by atoms with Crippen LogP contribution in [0.5, 0.6) is 0 Å². The normalized spacial score (nSPS) is 16.5. The summed E-state index contributed by atoms with van der Waals surface area (Å²) in [4.78, 5) is 18.8. The van der Waals surface area contributed by atoms with Gasteiger partial charge in [0.25, 0.3) is 0 Å². The Kier molecular flexibility index (Phi) is 9.79. The summed E-state index contributed by atoms with van der Waals surface area (Å²) in [6, 6.07) is 8.30. The molecule has 1 atom stereocenters. The lowest BCUT2D eigenvalue weighted by Crippen LogP contribution is -2.49. The largest absolute Gasteiger partial charge is 0.379 e. The lowest BCUT2D eigenvalue weighted by atomic mass is 10.2. The monoisotopic (exact) mass is 389 g/mol. The van der Waals surface area contributed by atoms with Crippen LogP contribution in [0.3, 0.4) is 0 Å². The molecule has 7 heteroatoms. The maximum atomic E-state index is 11.7. The Balaban J connectivity index is 1.84. The number of carbonyl (C=O) groups excluding carboxylic acids is 1. The minimum absolute atomic E-state index is 0.0568. The van der Waals surface area contributed by atoms with Gasteiger partial charge < -0.3 is 20.7 Å². The molecule has 1 heterocycles. The third-order valence-corrected chi connectivity index (χ3v) is 4.71. The molecule has 1 unspecified atom stereocenters. The number of benzene rings is 1. The van der Waals surface area contributed by atoms with Gasteiger partial charge in [-0.15, -0.1) is 0 Å². The lowest BCUT2D eigenvalue weighted by molar-refractivity contribution is -0.116. The van der Waals surface area contributed by atoms with E-state index in [1.807, 2.05) is 31.2 Å². The summed E-state index contributed by atoms with van der Waals surface area (Å²) < 4.78 is 5.42. The molecule has 0 radical (unpaired) electrons. The summed E-state index contributed by atoms with van der Waals surface area (Å²) in [5, 5.41) is 9.65. The predicted octanol–water partition coefficient (Wildman–Crippen LogP) is 2.20. The topological polar surface area (TPSA) is 78.0 Å². The molecule has 0 spiro atoms. The molecule has 1 fully saturated rings. The second kappa shape index (κ2) is 12.4. The number of aliphatic imine (C=N–C) groups is 1. The molecule has 2 rings (SSSR count). The van der Waals surface area contributed by atoms with Crippen LogP contribution in [0.4, 0.5) is 5.69 Å². The van der Waals surface area contributed by atoms with Gasteiger partial charge in [0.1, 0.15) is 0 Å². The van der Waals surface area contributed by atoms with E-state index in [1.165, 1.54) is 0 Å². The predicted molar refractivity (Wildman–Crippen MR) is 115 cm³/mol. The quantitative estimate of drug-likeness (QED) is 0.446. The van der Waals surface area contributed by atoms with E-state index in [9.17, 15) is 4.79 Å². The first-order chi connectivity index (χ1) is 13.6. The number of hydrogen-bond acceptors (Lipinski definition) is 4. The van der Waals surface area contributed by atoms with Gasteiger partial charge in [-0.1, -0.05) is 19.1 Å². The number of guanidine groups is 1. The third kappa shape index (κ3) is 7.86. The fourth-order valence-electron chi connectivity index (χ4n) is 3.05. The Morgan fingerprint density at radius 3 is 2.54 bits per heavy atom.